The van der Waals surface area contributed by atoms with Gasteiger partial charge in [-0.05, 0) is 55.9 Å². The number of hydrogen-bond acceptors (Lipinski definition) is 2. The molecule has 0 spiro atoms. The van der Waals surface area contributed by atoms with Crippen LogP contribution in [0.2, 0.25) is 0 Å². The van der Waals surface area contributed by atoms with Crippen molar-refractivity contribution < 1.29 is 0 Å². The van der Waals surface area contributed by atoms with Crippen LogP contribution < -0.4 is 11.1 Å². The van der Waals surface area contributed by atoms with Gasteiger partial charge in [0, 0.05) is 6.54 Å². The van der Waals surface area contributed by atoms with Gasteiger partial charge < -0.3 is 11.1 Å². The molecule has 0 unspecified atom stereocenters. The van der Waals surface area contributed by atoms with Crippen molar-refractivity contribution in [1.82, 2.24) is 0 Å². The fourth-order valence-electron chi connectivity index (χ4n) is 2.46. The minimum atomic E-state index is 0.848. The van der Waals surface area contributed by atoms with Gasteiger partial charge in [0.25, 0.3) is 0 Å². The Bertz CT molecular complexity index is 365. The molecule has 1 aliphatic rings. The van der Waals surface area contributed by atoms with Crippen molar-refractivity contribution in [3.05, 3.63) is 23.3 Å². The van der Waals surface area contributed by atoms with Gasteiger partial charge in [-0.15, -0.1) is 0 Å². The topological polar surface area (TPSA) is 38.0 Å². The number of anilines is 2. The number of nitrogens with one attached hydrogen (secondary N) is 1. The second-order valence-corrected chi connectivity index (χ2v) is 5.06. The molecule has 1 aliphatic carbocycles. The van der Waals surface area contributed by atoms with Crippen LogP contribution in [0, 0.1) is 19.8 Å². The Balaban J connectivity index is 2.00. The van der Waals surface area contributed by atoms with Crippen LogP contribution in [0.25, 0.3) is 0 Å². The smallest absolute Gasteiger partial charge is 0.0576 e. The van der Waals surface area contributed by atoms with Gasteiger partial charge >= 0.3 is 0 Å². The normalized spacial score (nSPS) is 16.6. The zero-order valence-electron chi connectivity index (χ0n) is 10.3. The second-order valence-electron chi connectivity index (χ2n) is 5.06. The average Bonchev–Trinajstić information content (AvgIpc) is 2.74. The predicted molar refractivity (Wildman–Crippen MR) is 70.8 cm³/mol. The molecule has 0 aromatic heterocycles. The molecule has 2 heteroatoms. The van der Waals surface area contributed by atoms with Gasteiger partial charge in [-0.3, -0.25) is 0 Å². The van der Waals surface area contributed by atoms with Crippen molar-refractivity contribution in [3.8, 4) is 0 Å². The Morgan fingerprint density at radius 2 is 1.81 bits per heavy atom. The summed E-state index contributed by atoms with van der Waals surface area (Å²) < 4.78 is 0. The third-order valence-corrected chi connectivity index (χ3v) is 3.72. The number of hydrogen-bond donors (Lipinski definition) is 2. The molecule has 0 saturated heterocycles. The lowest BCUT2D eigenvalue weighted by atomic mass is 10.1. The van der Waals surface area contributed by atoms with E-state index in [0.29, 0.717) is 0 Å². The quantitative estimate of drug-likeness (QED) is 0.762. The molecule has 1 fully saturated rings. The van der Waals surface area contributed by atoms with Crippen LogP contribution in [0.3, 0.4) is 0 Å². The van der Waals surface area contributed by atoms with Crippen molar-refractivity contribution in [2.45, 2.75) is 39.5 Å². The molecule has 1 aromatic carbocycles. The number of nitrogen functional groups attached to an aromatic ring is 1. The Morgan fingerprint density at radius 3 is 2.50 bits per heavy atom. The molecule has 2 rings (SSSR count). The van der Waals surface area contributed by atoms with Crippen LogP contribution in [0.5, 0.6) is 0 Å². The number of benzene rings is 1. The van der Waals surface area contributed by atoms with E-state index in [2.05, 4.69) is 31.3 Å². The molecular formula is C14H22N2. The van der Waals surface area contributed by atoms with Gasteiger partial charge in [0.15, 0.2) is 0 Å². The Morgan fingerprint density at radius 1 is 1.19 bits per heavy atom. The summed E-state index contributed by atoms with van der Waals surface area (Å²) in [5, 5.41) is 3.50. The highest BCUT2D eigenvalue weighted by atomic mass is 14.9. The van der Waals surface area contributed by atoms with Crippen molar-refractivity contribution in [3.63, 3.8) is 0 Å². The summed E-state index contributed by atoms with van der Waals surface area (Å²) in [5.74, 6) is 0.848. The number of aryl methyl sites for hydroxylation is 2. The zero-order chi connectivity index (χ0) is 11.5. The van der Waals surface area contributed by atoms with Crippen LogP contribution in [0.15, 0.2) is 12.1 Å². The van der Waals surface area contributed by atoms with Gasteiger partial charge in [0.2, 0.25) is 0 Å². The Labute approximate surface area is 98.2 Å². The average molecular weight is 218 g/mol. The molecule has 0 atom stereocenters. The SMILES string of the molecule is Cc1cc(N)c(NCC2CCCC2)cc1C. The van der Waals surface area contributed by atoms with E-state index >= 15 is 0 Å². The summed E-state index contributed by atoms with van der Waals surface area (Å²) in [5.41, 5.74) is 10.6. The highest BCUT2D eigenvalue weighted by Crippen LogP contribution is 2.27. The molecule has 0 amide bonds. The minimum absolute atomic E-state index is 0.848. The lowest BCUT2D eigenvalue weighted by Gasteiger charge is -2.15. The molecule has 3 N–H and O–H groups in total. The largest absolute Gasteiger partial charge is 0.397 e. The first kappa shape index (κ1) is 11.3. The van der Waals surface area contributed by atoms with Gasteiger partial charge in [-0.2, -0.15) is 0 Å². The standard InChI is InChI=1S/C14H22N2/c1-10-7-13(15)14(8-11(10)2)16-9-12-5-3-4-6-12/h7-8,12,16H,3-6,9,15H2,1-2H3. The fourth-order valence-corrected chi connectivity index (χ4v) is 2.46. The predicted octanol–water partition coefficient (Wildman–Crippen LogP) is 3.49. The van der Waals surface area contributed by atoms with Gasteiger partial charge in [-0.1, -0.05) is 12.8 Å². The zero-order valence-corrected chi connectivity index (χ0v) is 10.3. The molecule has 0 heterocycles. The van der Waals surface area contributed by atoms with E-state index in [1.165, 1.54) is 36.8 Å². The van der Waals surface area contributed by atoms with Gasteiger partial charge in [-0.25, -0.2) is 0 Å². The molecular weight excluding hydrogens is 196 g/mol. The Kier molecular flexibility index (Phi) is 3.37. The van der Waals surface area contributed by atoms with E-state index in [-0.39, 0.29) is 0 Å². The van der Waals surface area contributed by atoms with Crippen molar-refractivity contribution in [1.29, 1.82) is 0 Å². The summed E-state index contributed by atoms with van der Waals surface area (Å²) in [6.07, 6.45) is 5.54. The molecule has 16 heavy (non-hydrogen) atoms. The second kappa shape index (κ2) is 4.77. The van der Waals surface area contributed by atoms with Crippen LogP contribution >= 0.6 is 0 Å². The molecule has 0 bridgehead atoms. The Hall–Kier alpha value is -1.18. The monoisotopic (exact) mass is 218 g/mol. The third kappa shape index (κ3) is 2.49. The summed E-state index contributed by atoms with van der Waals surface area (Å²) in [7, 11) is 0. The number of nitrogens with two attached hydrogens (primary N) is 1. The molecule has 1 aromatic rings. The van der Waals surface area contributed by atoms with E-state index in [1.807, 2.05) is 0 Å². The van der Waals surface area contributed by atoms with Crippen LogP contribution in [-0.4, -0.2) is 6.54 Å². The van der Waals surface area contributed by atoms with E-state index < -0.39 is 0 Å². The molecule has 1 saturated carbocycles. The van der Waals surface area contributed by atoms with Crippen LogP contribution in [0.1, 0.15) is 36.8 Å². The molecule has 0 radical (unpaired) electrons. The summed E-state index contributed by atoms with van der Waals surface area (Å²) in [6.45, 7) is 5.31. The molecule has 2 nitrogen and oxygen atoms in total. The minimum Gasteiger partial charge on any atom is -0.397 e. The lowest BCUT2D eigenvalue weighted by Crippen LogP contribution is -2.12. The van der Waals surface area contributed by atoms with Gasteiger partial charge in [0.1, 0.15) is 0 Å². The van der Waals surface area contributed by atoms with E-state index in [4.69, 9.17) is 5.73 Å². The first-order valence-electron chi connectivity index (χ1n) is 6.27. The third-order valence-electron chi connectivity index (χ3n) is 3.72. The van der Waals surface area contributed by atoms with Crippen LogP contribution in [-0.2, 0) is 0 Å². The first-order chi connectivity index (χ1) is 7.66. The summed E-state index contributed by atoms with van der Waals surface area (Å²) >= 11 is 0. The lowest BCUT2D eigenvalue weighted by molar-refractivity contribution is 0.580. The first-order valence-corrected chi connectivity index (χ1v) is 6.27. The van der Waals surface area contributed by atoms with Crippen molar-refractivity contribution in [2.75, 3.05) is 17.6 Å². The summed E-state index contributed by atoms with van der Waals surface area (Å²) in [6, 6.07) is 4.23. The fraction of sp³-hybridized carbons (Fsp3) is 0.571. The number of rotatable bonds is 3. The highest BCUT2D eigenvalue weighted by Gasteiger charge is 2.14. The van der Waals surface area contributed by atoms with E-state index in [0.717, 1.165) is 23.8 Å². The maximum Gasteiger partial charge on any atom is 0.0576 e. The maximum absolute atomic E-state index is 6.01. The van der Waals surface area contributed by atoms with Gasteiger partial charge in [0.05, 0.1) is 11.4 Å². The van der Waals surface area contributed by atoms with E-state index in [1.54, 1.807) is 0 Å². The van der Waals surface area contributed by atoms with Crippen LogP contribution in [0.4, 0.5) is 11.4 Å². The maximum atomic E-state index is 6.01. The summed E-state index contributed by atoms with van der Waals surface area (Å²) in [4.78, 5) is 0. The van der Waals surface area contributed by atoms with E-state index in [9.17, 15) is 0 Å². The molecule has 0 aliphatic heterocycles. The van der Waals surface area contributed by atoms with Crippen molar-refractivity contribution >= 4 is 11.4 Å². The van der Waals surface area contributed by atoms with Crippen molar-refractivity contribution in [2.24, 2.45) is 5.92 Å². The highest BCUT2D eigenvalue weighted by molar-refractivity contribution is 5.68. The molecule has 88 valence electrons.